The Morgan fingerprint density at radius 2 is 2.04 bits per heavy atom. The predicted molar refractivity (Wildman–Crippen MR) is 79.5 cm³/mol. The van der Waals surface area contributed by atoms with Crippen molar-refractivity contribution in [1.82, 2.24) is 9.46 Å². The van der Waals surface area contributed by atoms with Crippen molar-refractivity contribution in [3.63, 3.8) is 0 Å². The molecule has 0 unspecified atom stereocenters. The third-order valence-electron chi connectivity index (χ3n) is 3.12. The molecule has 0 aliphatic heterocycles. The van der Waals surface area contributed by atoms with Crippen LogP contribution in [0.3, 0.4) is 0 Å². The van der Waals surface area contributed by atoms with Crippen molar-refractivity contribution in [2.24, 2.45) is 0 Å². The lowest BCUT2D eigenvalue weighted by atomic mass is 10.3. The molecule has 0 saturated heterocycles. The van der Waals surface area contributed by atoms with Crippen molar-refractivity contribution in [1.29, 1.82) is 0 Å². The largest absolute Gasteiger partial charge is 0.436 e. The summed E-state index contributed by atoms with van der Waals surface area (Å²) in [6.45, 7) is 2.33. The number of sulfonamides is 1. The third kappa shape index (κ3) is 3.93. The van der Waals surface area contributed by atoms with E-state index in [0.29, 0.717) is 6.54 Å². The lowest BCUT2D eigenvalue weighted by molar-refractivity contribution is -0.142. The highest BCUT2D eigenvalue weighted by Crippen LogP contribution is 2.35. The van der Waals surface area contributed by atoms with E-state index in [1.165, 1.54) is 23.5 Å². The fourth-order valence-corrected chi connectivity index (χ4v) is 4.45. The topological polar surface area (TPSA) is 63.4 Å². The van der Waals surface area contributed by atoms with Gasteiger partial charge in [0.2, 0.25) is 0 Å². The maximum Gasteiger partial charge on any atom is 0.436 e. The van der Waals surface area contributed by atoms with Gasteiger partial charge in [-0.1, -0.05) is 18.5 Å². The van der Waals surface area contributed by atoms with Crippen molar-refractivity contribution in [3.8, 4) is 10.6 Å². The standard InChI is InChI=1S/C13H15F3N2O3S2/c1-3-4-7-18(2)23(19,20)12-6-5-10(22-12)9-8-11(17-21-9)13(14,15)16/h5-6,8H,3-4,7H2,1-2H3. The summed E-state index contributed by atoms with van der Waals surface area (Å²) in [7, 11) is -2.18. The molecule has 0 radical (unpaired) electrons. The molecule has 0 fully saturated rings. The molecule has 128 valence electrons. The molecule has 0 spiro atoms. The summed E-state index contributed by atoms with van der Waals surface area (Å²) in [5, 5.41) is 2.96. The number of hydrogen-bond donors (Lipinski definition) is 0. The number of hydrogen-bond acceptors (Lipinski definition) is 5. The van der Waals surface area contributed by atoms with Gasteiger partial charge in [0.25, 0.3) is 10.0 Å². The summed E-state index contributed by atoms with van der Waals surface area (Å²) in [5.41, 5.74) is -1.15. The summed E-state index contributed by atoms with van der Waals surface area (Å²) in [6.07, 6.45) is -3.02. The van der Waals surface area contributed by atoms with Crippen LogP contribution in [0.15, 0.2) is 26.9 Å². The fraction of sp³-hybridized carbons (Fsp3) is 0.462. The van der Waals surface area contributed by atoms with Crippen molar-refractivity contribution >= 4 is 21.4 Å². The van der Waals surface area contributed by atoms with E-state index in [1.54, 1.807) is 0 Å². The summed E-state index contributed by atoms with van der Waals surface area (Å²) < 4.78 is 68.2. The van der Waals surface area contributed by atoms with Gasteiger partial charge in [0.05, 0.1) is 4.88 Å². The maximum absolute atomic E-state index is 12.5. The van der Waals surface area contributed by atoms with Crippen molar-refractivity contribution in [2.75, 3.05) is 13.6 Å². The molecule has 0 aliphatic carbocycles. The van der Waals surface area contributed by atoms with E-state index in [0.717, 1.165) is 30.2 Å². The number of alkyl halides is 3. The lowest BCUT2D eigenvalue weighted by Gasteiger charge is -2.15. The highest BCUT2D eigenvalue weighted by molar-refractivity contribution is 7.91. The number of nitrogens with zero attached hydrogens (tertiary/aromatic N) is 2. The Labute approximate surface area is 135 Å². The maximum atomic E-state index is 12.5. The Kier molecular flexibility index (Phi) is 5.17. The summed E-state index contributed by atoms with van der Waals surface area (Å²) in [5.74, 6) is -0.111. The number of aromatic nitrogens is 1. The Morgan fingerprint density at radius 1 is 1.35 bits per heavy atom. The molecule has 0 atom stereocenters. The Balaban J connectivity index is 2.25. The molecule has 2 rings (SSSR count). The number of thiophene rings is 1. The minimum Gasteiger partial charge on any atom is -0.355 e. The average molecular weight is 368 g/mol. The minimum absolute atomic E-state index is 0.0519. The zero-order valence-corrected chi connectivity index (χ0v) is 14.1. The van der Waals surface area contributed by atoms with Gasteiger partial charge in [0, 0.05) is 19.7 Å². The molecule has 10 heteroatoms. The van der Waals surface area contributed by atoms with Gasteiger partial charge in [-0.2, -0.15) is 13.2 Å². The second-order valence-electron chi connectivity index (χ2n) is 4.87. The average Bonchev–Trinajstić information content (AvgIpc) is 3.11. The number of unbranched alkanes of at least 4 members (excludes halogenated alkanes) is 1. The minimum atomic E-state index is -4.60. The monoisotopic (exact) mass is 368 g/mol. The van der Waals surface area contributed by atoms with Crippen LogP contribution < -0.4 is 0 Å². The summed E-state index contributed by atoms with van der Waals surface area (Å²) >= 11 is 0.848. The molecule has 0 bridgehead atoms. The van der Waals surface area contributed by atoms with Gasteiger partial charge in [0.1, 0.15) is 4.21 Å². The van der Waals surface area contributed by atoms with E-state index in [4.69, 9.17) is 0 Å². The van der Waals surface area contributed by atoms with Crippen LogP contribution in [0.5, 0.6) is 0 Å². The van der Waals surface area contributed by atoms with Crippen LogP contribution in [0.25, 0.3) is 10.6 Å². The van der Waals surface area contributed by atoms with Crippen LogP contribution in [0, 0.1) is 0 Å². The second-order valence-corrected chi connectivity index (χ2v) is 8.23. The molecule has 0 aromatic carbocycles. The van der Waals surface area contributed by atoms with Crippen molar-refractivity contribution in [3.05, 3.63) is 23.9 Å². The molecule has 2 aromatic heterocycles. The summed E-state index contributed by atoms with van der Waals surface area (Å²) in [6, 6.07) is 3.52. The molecule has 23 heavy (non-hydrogen) atoms. The SMILES string of the molecule is CCCCN(C)S(=O)(=O)c1ccc(-c2cc(C(F)(F)F)no2)s1. The van der Waals surface area contributed by atoms with Crippen LogP contribution in [-0.4, -0.2) is 31.5 Å². The fourth-order valence-electron chi connectivity index (χ4n) is 1.77. The lowest BCUT2D eigenvalue weighted by Crippen LogP contribution is -2.27. The zero-order chi connectivity index (χ0) is 17.3. The number of rotatable bonds is 6. The van der Waals surface area contributed by atoms with Crippen LogP contribution in [0.1, 0.15) is 25.5 Å². The highest BCUT2D eigenvalue weighted by atomic mass is 32.2. The van der Waals surface area contributed by atoms with E-state index in [-0.39, 0.29) is 14.8 Å². The highest BCUT2D eigenvalue weighted by Gasteiger charge is 2.35. The van der Waals surface area contributed by atoms with Gasteiger partial charge in [-0.25, -0.2) is 12.7 Å². The summed E-state index contributed by atoms with van der Waals surface area (Å²) in [4.78, 5) is 0.274. The van der Waals surface area contributed by atoms with E-state index < -0.39 is 21.9 Å². The molecule has 0 saturated carbocycles. The number of halogens is 3. The Morgan fingerprint density at radius 3 is 2.61 bits per heavy atom. The molecule has 5 nitrogen and oxygen atoms in total. The van der Waals surface area contributed by atoms with Crippen molar-refractivity contribution < 1.29 is 26.1 Å². The Hall–Kier alpha value is -1.39. The molecule has 0 N–H and O–H groups in total. The van der Waals surface area contributed by atoms with Gasteiger partial charge in [-0.3, -0.25) is 0 Å². The van der Waals surface area contributed by atoms with Crippen LogP contribution in [0.4, 0.5) is 13.2 Å². The first-order chi connectivity index (χ1) is 10.7. The molecule has 2 aromatic rings. The van der Waals surface area contributed by atoms with Crippen LogP contribution in [-0.2, 0) is 16.2 Å². The molecule has 0 amide bonds. The molecular weight excluding hydrogens is 353 g/mol. The van der Waals surface area contributed by atoms with Gasteiger partial charge in [-0.15, -0.1) is 11.3 Å². The smallest absolute Gasteiger partial charge is 0.355 e. The first-order valence-corrected chi connectivity index (χ1v) is 9.02. The first-order valence-electron chi connectivity index (χ1n) is 6.76. The van der Waals surface area contributed by atoms with Gasteiger partial charge in [-0.05, 0) is 18.6 Å². The van der Waals surface area contributed by atoms with Gasteiger partial charge >= 0.3 is 6.18 Å². The van der Waals surface area contributed by atoms with Gasteiger partial charge in [0.15, 0.2) is 11.5 Å². The van der Waals surface area contributed by atoms with E-state index in [1.807, 2.05) is 6.92 Å². The normalized spacial score (nSPS) is 13.0. The quantitative estimate of drug-likeness (QED) is 0.777. The van der Waals surface area contributed by atoms with Crippen LogP contribution >= 0.6 is 11.3 Å². The molecule has 2 heterocycles. The predicted octanol–water partition coefficient (Wildman–Crippen LogP) is 3.84. The molecular formula is C13H15F3N2O3S2. The third-order valence-corrected chi connectivity index (χ3v) is 6.54. The first kappa shape index (κ1) is 18.0. The van der Waals surface area contributed by atoms with Gasteiger partial charge < -0.3 is 4.52 Å². The van der Waals surface area contributed by atoms with Crippen LogP contribution in [0.2, 0.25) is 0 Å². The molecule has 0 aliphatic rings. The second kappa shape index (κ2) is 6.62. The Bertz CT molecular complexity index is 766. The van der Waals surface area contributed by atoms with Crippen molar-refractivity contribution in [2.45, 2.75) is 30.2 Å². The zero-order valence-electron chi connectivity index (χ0n) is 12.4. The van der Waals surface area contributed by atoms with E-state index in [2.05, 4.69) is 9.68 Å². The van der Waals surface area contributed by atoms with E-state index >= 15 is 0 Å². The van der Waals surface area contributed by atoms with E-state index in [9.17, 15) is 21.6 Å².